The molecule has 1 heteroatoms. The first-order valence-corrected chi connectivity index (χ1v) is 8.77. The summed E-state index contributed by atoms with van der Waals surface area (Å²) < 4.78 is 0. The molecule has 0 radical (unpaired) electrons. The molecule has 0 unspecified atom stereocenters. The van der Waals surface area contributed by atoms with Gasteiger partial charge in [-0.3, -0.25) is 0 Å². The summed E-state index contributed by atoms with van der Waals surface area (Å²) in [5, 5.41) is 3.78. The Bertz CT molecular complexity index is 312. The minimum Gasteiger partial charge on any atom is -0.316 e. The van der Waals surface area contributed by atoms with Crippen molar-refractivity contribution in [2.24, 2.45) is 34.0 Å². The Morgan fingerprint density at radius 1 is 0.850 bits per heavy atom. The van der Waals surface area contributed by atoms with Crippen molar-refractivity contribution in [1.29, 1.82) is 0 Å². The molecule has 1 N–H and O–H groups in total. The molecule has 20 heavy (non-hydrogen) atoms. The highest BCUT2D eigenvalue weighted by Crippen LogP contribution is 2.67. The summed E-state index contributed by atoms with van der Waals surface area (Å²) in [4.78, 5) is 0. The maximum Gasteiger partial charge on any atom is -0.000977 e. The van der Waals surface area contributed by atoms with Gasteiger partial charge in [0.25, 0.3) is 0 Å². The molecule has 0 heterocycles. The highest BCUT2D eigenvalue weighted by Gasteiger charge is 2.63. The summed E-state index contributed by atoms with van der Waals surface area (Å²) in [6.07, 6.45) is 5.76. The average molecular weight is 280 g/mol. The highest BCUT2D eigenvalue weighted by atomic mass is 14.9. The molecule has 2 fully saturated rings. The lowest BCUT2D eigenvalue weighted by Crippen LogP contribution is -2.31. The van der Waals surface area contributed by atoms with Gasteiger partial charge in [0.2, 0.25) is 0 Å². The SMILES string of the molecule is CC(C)(C)C1CCC(CNCC2C(C)(C)C2(C)C)CC1. The first-order chi connectivity index (χ1) is 9.07. The third-order valence-electron chi connectivity index (χ3n) is 7.17. The molecule has 0 spiro atoms. The lowest BCUT2D eigenvalue weighted by molar-refractivity contribution is 0.149. The van der Waals surface area contributed by atoms with Crippen LogP contribution in [0.1, 0.15) is 74.1 Å². The smallest absolute Gasteiger partial charge is 0.000977 e. The maximum absolute atomic E-state index is 3.78. The van der Waals surface area contributed by atoms with Gasteiger partial charge in [-0.15, -0.1) is 0 Å². The molecule has 0 atom stereocenters. The summed E-state index contributed by atoms with van der Waals surface area (Å²) >= 11 is 0. The molecule has 0 aromatic heterocycles. The third kappa shape index (κ3) is 3.08. The fourth-order valence-corrected chi connectivity index (χ4v) is 4.51. The Morgan fingerprint density at radius 3 is 1.75 bits per heavy atom. The molecule has 0 aliphatic heterocycles. The zero-order valence-corrected chi connectivity index (χ0v) is 15.0. The second-order valence-corrected chi connectivity index (χ2v) is 9.74. The predicted octanol–water partition coefficient (Wildman–Crippen LogP) is 5.11. The molecule has 0 bridgehead atoms. The number of rotatable bonds is 4. The van der Waals surface area contributed by atoms with Gasteiger partial charge in [0.15, 0.2) is 0 Å². The number of hydrogen-bond acceptors (Lipinski definition) is 1. The van der Waals surface area contributed by atoms with Crippen molar-refractivity contribution in [2.45, 2.75) is 74.1 Å². The van der Waals surface area contributed by atoms with Gasteiger partial charge in [0.1, 0.15) is 0 Å². The molecular formula is C19H37N. The van der Waals surface area contributed by atoms with Crippen LogP contribution in [0.15, 0.2) is 0 Å². The minimum atomic E-state index is 0.514. The fourth-order valence-electron chi connectivity index (χ4n) is 4.51. The summed E-state index contributed by atoms with van der Waals surface area (Å²) in [6, 6.07) is 0. The number of hydrogen-bond donors (Lipinski definition) is 1. The van der Waals surface area contributed by atoms with Crippen molar-refractivity contribution in [3.63, 3.8) is 0 Å². The van der Waals surface area contributed by atoms with E-state index in [1.54, 1.807) is 0 Å². The Balaban J connectivity index is 1.66. The standard InChI is InChI=1S/C19H37N/c1-17(2,3)15-10-8-14(9-11-15)12-20-13-16-18(4,5)19(16,6)7/h14-16,20H,8-13H2,1-7H3. The van der Waals surface area contributed by atoms with Crippen LogP contribution < -0.4 is 5.32 Å². The Morgan fingerprint density at radius 2 is 1.35 bits per heavy atom. The molecule has 2 aliphatic rings. The van der Waals surface area contributed by atoms with E-state index in [9.17, 15) is 0 Å². The van der Waals surface area contributed by atoms with E-state index in [4.69, 9.17) is 0 Å². The van der Waals surface area contributed by atoms with Crippen LogP contribution in [-0.2, 0) is 0 Å². The van der Waals surface area contributed by atoms with Crippen LogP contribution in [-0.4, -0.2) is 13.1 Å². The maximum atomic E-state index is 3.78. The van der Waals surface area contributed by atoms with Crippen molar-refractivity contribution in [3.8, 4) is 0 Å². The second kappa shape index (κ2) is 5.30. The van der Waals surface area contributed by atoms with Crippen molar-refractivity contribution in [3.05, 3.63) is 0 Å². The minimum absolute atomic E-state index is 0.514. The van der Waals surface area contributed by atoms with Crippen LogP contribution >= 0.6 is 0 Å². The van der Waals surface area contributed by atoms with Crippen LogP contribution in [0.5, 0.6) is 0 Å². The normalized spacial score (nSPS) is 33.1. The lowest BCUT2D eigenvalue weighted by Gasteiger charge is -2.37. The van der Waals surface area contributed by atoms with E-state index in [0.717, 1.165) is 17.8 Å². The van der Waals surface area contributed by atoms with E-state index in [0.29, 0.717) is 16.2 Å². The zero-order valence-electron chi connectivity index (χ0n) is 15.0. The van der Waals surface area contributed by atoms with Crippen LogP contribution in [0.4, 0.5) is 0 Å². The fraction of sp³-hybridized carbons (Fsp3) is 1.00. The van der Waals surface area contributed by atoms with Crippen LogP contribution in [0.3, 0.4) is 0 Å². The quantitative estimate of drug-likeness (QED) is 0.754. The first kappa shape index (κ1) is 16.3. The van der Waals surface area contributed by atoms with Crippen LogP contribution in [0.25, 0.3) is 0 Å². The number of nitrogens with one attached hydrogen (secondary N) is 1. The monoisotopic (exact) mass is 279 g/mol. The van der Waals surface area contributed by atoms with E-state index in [-0.39, 0.29) is 0 Å². The van der Waals surface area contributed by atoms with Gasteiger partial charge >= 0.3 is 0 Å². The van der Waals surface area contributed by atoms with E-state index < -0.39 is 0 Å². The highest BCUT2D eigenvalue weighted by molar-refractivity contribution is 5.12. The Hall–Kier alpha value is -0.0400. The Kier molecular flexibility index (Phi) is 4.33. The summed E-state index contributed by atoms with van der Waals surface area (Å²) in [7, 11) is 0. The molecule has 2 aliphatic carbocycles. The van der Waals surface area contributed by atoms with Crippen molar-refractivity contribution >= 4 is 0 Å². The predicted molar refractivity (Wildman–Crippen MR) is 88.8 cm³/mol. The topological polar surface area (TPSA) is 12.0 Å². The van der Waals surface area contributed by atoms with E-state index >= 15 is 0 Å². The Labute approximate surface area is 127 Å². The van der Waals surface area contributed by atoms with Gasteiger partial charge in [-0.1, -0.05) is 48.5 Å². The van der Waals surface area contributed by atoms with E-state index in [2.05, 4.69) is 53.8 Å². The molecule has 0 aromatic rings. The molecule has 118 valence electrons. The molecule has 1 nitrogen and oxygen atoms in total. The molecular weight excluding hydrogens is 242 g/mol. The summed E-state index contributed by atoms with van der Waals surface area (Å²) in [5.41, 5.74) is 1.58. The summed E-state index contributed by atoms with van der Waals surface area (Å²) in [5.74, 6) is 2.74. The van der Waals surface area contributed by atoms with E-state index in [1.807, 2.05) is 0 Å². The third-order valence-corrected chi connectivity index (χ3v) is 7.17. The van der Waals surface area contributed by atoms with Gasteiger partial charge in [0, 0.05) is 0 Å². The lowest BCUT2D eigenvalue weighted by atomic mass is 9.70. The van der Waals surface area contributed by atoms with Gasteiger partial charge in [-0.2, -0.15) is 0 Å². The van der Waals surface area contributed by atoms with Crippen LogP contribution in [0.2, 0.25) is 0 Å². The molecule has 0 saturated heterocycles. The van der Waals surface area contributed by atoms with Gasteiger partial charge in [0.05, 0.1) is 0 Å². The molecule has 2 saturated carbocycles. The largest absolute Gasteiger partial charge is 0.316 e. The van der Waals surface area contributed by atoms with E-state index in [1.165, 1.54) is 38.8 Å². The van der Waals surface area contributed by atoms with Crippen molar-refractivity contribution < 1.29 is 0 Å². The zero-order chi connectivity index (χ0) is 15.2. The first-order valence-electron chi connectivity index (χ1n) is 8.77. The molecule has 2 rings (SSSR count). The summed E-state index contributed by atoms with van der Waals surface area (Å²) in [6.45, 7) is 19.4. The van der Waals surface area contributed by atoms with Crippen molar-refractivity contribution in [1.82, 2.24) is 5.32 Å². The molecule has 0 amide bonds. The van der Waals surface area contributed by atoms with Gasteiger partial charge in [-0.05, 0) is 72.8 Å². The average Bonchev–Trinajstić information content (AvgIpc) is 2.71. The van der Waals surface area contributed by atoms with Gasteiger partial charge < -0.3 is 5.32 Å². The van der Waals surface area contributed by atoms with Crippen molar-refractivity contribution in [2.75, 3.05) is 13.1 Å². The molecule has 0 aromatic carbocycles. The van der Waals surface area contributed by atoms with Crippen LogP contribution in [0, 0.1) is 34.0 Å². The second-order valence-electron chi connectivity index (χ2n) is 9.74. The van der Waals surface area contributed by atoms with Gasteiger partial charge in [-0.25, -0.2) is 0 Å².